The highest BCUT2D eigenvalue weighted by molar-refractivity contribution is 5.77. The van der Waals surface area contributed by atoms with Crippen LogP contribution < -0.4 is 0 Å². The number of piperazine rings is 1. The summed E-state index contributed by atoms with van der Waals surface area (Å²) in [5.74, 6) is 2.21. The Morgan fingerprint density at radius 1 is 1.36 bits per heavy atom. The fourth-order valence-corrected chi connectivity index (χ4v) is 2.98. The Balaban J connectivity index is 1.45. The molecule has 1 amide bonds. The van der Waals surface area contributed by atoms with Crippen LogP contribution in [0, 0.1) is 6.92 Å². The molecular formula is C17H25N5O3. The van der Waals surface area contributed by atoms with Gasteiger partial charge in [0.25, 0.3) is 0 Å². The lowest BCUT2D eigenvalue weighted by Gasteiger charge is -2.36. The number of rotatable bonds is 6. The predicted octanol–water partition coefficient (Wildman–Crippen LogP) is 1.31. The normalized spacial score (nSPS) is 17.6. The van der Waals surface area contributed by atoms with Crippen LogP contribution in [0.2, 0.25) is 0 Å². The second-order valence-electron chi connectivity index (χ2n) is 6.50. The number of aryl methyl sites for hydroxylation is 1. The maximum absolute atomic E-state index is 12.4. The van der Waals surface area contributed by atoms with Gasteiger partial charge in [0.15, 0.2) is 5.82 Å². The Bertz CT molecular complexity index is 676. The van der Waals surface area contributed by atoms with Crippen LogP contribution in [0.5, 0.6) is 0 Å². The lowest BCUT2D eigenvalue weighted by Crippen LogP contribution is -2.50. The third kappa shape index (κ3) is 4.46. The van der Waals surface area contributed by atoms with Crippen molar-refractivity contribution in [3.05, 3.63) is 35.9 Å². The molecule has 0 radical (unpaired) electrons. The molecule has 1 aliphatic rings. The first-order valence-corrected chi connectivity index (χ1v) is 8.56. The first-order chi connectivity index (χ1) is 12.0. The fourth-order valence-electron chi connectivity index (χ4n) is 2.98. The van der Waals surface area contributed by atoms with E-state index in [2.05, 4.69) is 26.9 Å². The Labute approximate surface area is 147 Å². The van der Waals surface area contributed by atoms with Gasteiger partial charge >= 0.3 is 0 Å². The highest BCUT2D eigenvalue weighted by Gasteiger charge is 2.26. The molecule has 2 aromatic rings. The SMILES string of the molecule is Cc1noc(C(C)N2CCN(CC(=O)N(C)Cc3ccco3)CC2)n1. The minimum Gasteiger partial charge on any atom is -0.467 e. The van der Waals surface area contributed by atoms with Crippen molar-refractivity contribution in [3.63, 3.8) is 0 Å². The Kier molecular flexibility index (Phi) is 5.50. The van der Waals surface area contributed by atoms with Crippen LogP contribution in [0.4, 0.5) is 0 Å². The summed E-state index contributed by atoms with van der Waals surface area (Å²) in [5, 5.41) is 3.86. The first kappa shape index (κ1) is 17.6. The van der Waals surface area contributed by atoms with E-state index in [1.807, 2.05) is 19.1 Å². The summed E-state index contributed by atoms with van der Waals surface area (Å²) in [6, 6.07) is 3.81. The molecule has 136 valence electrons. The lowest BCUT2D eigenvalue weighted by molar-refractivity contribution is -0.132. The van der Waals surface area contributed by atoms with Crippen LogP contribution in [0.1, 0.15) is 30.4 Å². The van der Waals surface area contributed by atoms with Gasteiger partial charge in [0.2, 0.25) is 11.8 Å². The monoisotopic (exact) mass is 347 g/mol. The van der Waals surface area contributed by atoms with Gasteiger partial charge in [0, 0.05) is 33.2 Å². The average molecular weight is 347 g/mol. The van der Waals surface area contributed by atoms with E-state index in [-0.39, 0.29) is 11.9 Å². The van der Waals surface area contributed by atoms with E-state index in [0.29, 0.717) is 24.8 Å². The van der Waals surface area contributed by atoms with E-state index in [1.54, 1.807) is 18.2 Å². The topological polar surface area (TPSA) is 78.9 Å². The van der Waals surface area contributed by atoms with Gasteiger partial charge in [-0.1, -0.05) is 5.16 Å². The smallest absolute Gasteiger partial charge is 0.243 e. The largest absolute Gasteiger partial charge is 0.467 e. The Morgan fingerprint density at radius 3 is 2.72 bits per heavy atom. The number of aromatic nitrogens is 2. The lowest BCUT2D eigenvalue weighted by atomic mass is 10.2. The molecule has 1 fully saturated rings. The summed E-state index contributed by atoms with van der Waals surface area (Å²) < 4.78 is 10.6. The molecule has 1 atom stereocenters. The summed E-state index contributed by atoms with van der Waals surface area (Å²) in [4.78, 5) is 22.9. The van der Waals surface area contributed by atoms with Crippen molar-refractivity contribution < 1.29 is 13.7 Å². The predicted molar refractivity (Wildman–Crippen MR) is 90.6 cm³/mol. The van der Waals surface area contributed by atoms with Crippen molar-refractivity contribution in [3.8, 4) is 0 Å². The van der Waals surface area contributed by atoms with Gasteiger partial charge in [-0.25, -0.2) is 0 Å². The molecule has 1 aliphatic heterocycles. The van der Waals surface area contributed by atoms with Crippen LogP contribution in [-0.4, -0.2) is 70.5 Å². The van der Waals surface area contributed by atoms with Crippen LogP contribution in [0.3, 0.4) is 0 Å². The second-order valence-corrected chi connectivity index (χ2v) is 6.50. The third-order valence-electron chi connectivity index (χ3n) is 4.61. The van der Waals surface area contributed by atoms with E-state index in [0.717, 1.165) is 31.9 Å². The van der Waals surface area contributed by atoms with Crippen LogP contribution in [-0.2, 0) is 11.3 Å². The van der Waals surface area contributed by atoms with Gasteiger partial charge in [-0.05, 0) is 26.0 Å². The molecule has 1 unspecified atom stereocenters. The van der Waals surface area contributed by atoms with Crippen molar-refractivity contribution in [2.75, 3.05) is 39.8 Å². The molecule has 0 spiro atoms. The first-order valence-electron chi connectivity index (χ1n) is 8.56. The summed E-state index contributed by atoms with van der Waals surface area (Å²) in [6.07, 6.45) is 1.62. The maximum Gasteiger partial charge on any atom is 0.243 e. The summed E-state index contributed by atoms with van der Waals surface area (Å²) in [6.45, 7) is 8.26. The van der Waals surface area contributed by atoms with E-state index in [1.165, 1.54) is 0 Å². The van der Waals surface area contributed by atoms with Crippen molar-refractivity contribution in [1.29, 1.82) is 0 Å². The number of hydrogen-bond donors (Lipinski definition) is 0. The fraction of sp³-hybridized carbons (Fsp3) is 0.588. The van der Waals surface area contributed by atoms with Gasteiger partial charge in [-0.2, -0.15) is 4.98 Å². The molecule has 0 bridgehead atoms. The second kappa shape index (κ2) is 7.79. The molecule has 0 saturated carbocycles. The highest BCUT2D eigenvalue weighted by atomic mass is 16.5. The quantitative estimate of drug-likeness (QED) is 0.779. The summed E-state index contributed by atoms with van der Waals surface area (Å²) in [5.41, 5.74) is 0. The molecule has 1 saturated heterocycles. The van der Waals surface area contributed by atoms with Gasteiger partial charge in [0.05, 0.1) is 25.4 Å². The van der Waals surface area contributed by atoms with Gasteiger partial charge in [-0.3, -0.25) is 14.6 Å². The van der Waals surface area contributed by atoms with Crippen LogP contribution >= 0.6 is 0 Å². The average Bonchev–Trinajstić information content (AvgIpc) is 3.26. The summed E-state index contributed by atoms with van der Waals surface area (Å²) in [7, 11) is 1.81. The van der Waals surface area contributed by atoms with E-state index in [9.17, 15) is 4.79 Å². The summed E-state index contributed by atoms with van der Waals surface area (Å²) >= 11 is 0. The number of furan rings is 1. The number of carbonyl (C=O) groups excluding carboxylic acids is 1. The molecule has 0 N–H and O–H groups in total. The van der Waals surface area contributed by atoms with Crippen molar-refractivity contribution >= 4 is 5.91 Å². The number of likely N-dealkylation sites (N-methyl/N-ethyl adjacent to an activating group) is 1. The standard InChI is InChI=1S/C17H25N5O3/c1-13(17-18-14(2)19-25-17)22-8-6-21(7-9-22)12-16(23)20(3)11-15-5-4-10-24-15/h4-5,10,13H,6-9,11-12H2,1-3H3. The minimum absolute atomic E-state index is 0.0978. The van der Waals surface area contributed by atoms with E-state index >= 15 is 0 Å². The Hall–Kier alpha value is -2.19. The number of amides is 1. The third-order valence-corrected chi connectivity index (χ3v) is 4.61. The van der Waals surface area contributed by atoms with Crippen LogP contribution in [0.15, 0.2) is 27.3 Å². The molecule has 3 heterocycles. The molecule has 8 heteroatoms. The minimum atomic E-state index is 0.0978. The Morgan fingerprint density at radius 2 is 2.12 bits per heavy atom. The van der Waals surface area contributed by atoms with Crippen molar-refractivity contribution in [1.82, 2.24) is 24.8 Å². The molecule has 25 heavy (non-hydrogen) atoms. The van der Waals surface area contributed by atoms with Gasteiger partial charge < -0.3 is 13.8 Å². The molecule has 3 rings (SSSR count). The van der Waals surface area contributed by atoms with Crippen LogP contribution in [0.25, 0.3) is 0 Å². The van der Waals surface area contributed by atoms with Gasteiger partial charge in [-0.15, -0.1) is 0 Å². The molecule has 0 aliphatic carbocycles. The molecule has 0 aromatic carbocycles. The zero-order valence-corrected chi connectivity index (χ0v) is 15.0. The van der Waals surface area contributed by atoms with E-state index in [4.69, 9.17) is 8.94 Å². The zero-order chi connectivity index (χ0) is 17.8. The number of carbonyl (C=O) groups is 1. The zero-order valence-electron chi connectivity index (χ0n) is 15.0. The molecule has 8 nitrogen and oxygen atoms in total. The van der Waals surface area contributed by atoms with Gasteiger partial charge in [0.1, 0.15) is 5.76 Å². The van der Waals surface area contributed by atoms with Crippen molar-refractivity contribution in [2.24, 2.45) is 0 Å². The number of nitrogens with zero attached hydrogens (tertiary/aromatic N) is 5. The highest BCUT2D eigenvalue weighted by Crippen LogP contribution is 2.20. The maximum atomic E-state index is 12.4. The number of hydrogen-bond acceptors (Lipinski definition) is 7. The van der Waals surface area contributed by atoms with Crippen molar-refractivity contribution in [2.45, 2.75) is 26.4 Å². The van der Waals surface area contributed by atoms with E-state index < -0.39 is 0 Å². The molecule has 2 aromatic heterocycles. The molecular weight excluding hydrogens is 322 g/mol.